The summed E-state index contributed by atoms with van der Waals surface area (Å²) in [6, 6.07) is 64.0. The van der Waals surface area contributed by atoms with Crippen molar-refractivity contribution in [2.75, 3.05) is 0 Å². The van der Waals surface area contributed by atoms with Crippen LogP contribution in [0.3, 0.4) is 0 Å². The third kappa shape index (κ3) is 13.5. The molecule has 0 radical (unpaired) electrons. The molecule has 0 N–H and O–H groups in total. The summed E-state index contributed by atoms with van der Waals surface area (Å²) in [6.45, 7) is 1.96. The van der Waals surface area contributed by atoms with Crippen molar-refractivity contribution in [1.82, 2.24) is 9.13 Å². The minimum Gasteiger partial charge on any atom is -0.340 e. The molecule has 0 saturated heterocycles. The van der Waals surface area contributed by atoms with Crippen LogP contribution in [-0.4, -0.2) is 9.13 Å². The summed E-state index contributed by atoms with van der Waals surface area (Å²) in [7, 11) is 0. The van der Waals surface area contributed by atoms with Gasteiger partial charge in [0.2, 0.25) is 0 Å². The molecule has 2 aromatic heterocycles. The van der Waals surface area contributed by atoms with Crippen LogP contribution in [0.2, 0.25) is 0 Å². The van der Waals surface area contributed by atoms with Crippen molar-refractivity contribution in [2.24, 2.45) is 0 Å². The number of hydrogen-bond donors (Lipinski definition) is 0. The predicted octanol–water partition coefficient (Wildman–Crippen LogP) is 16.2. The topological polar surface area (TPSA) is 9.86 Å². The molecule has 0 saturated carbocycles. The van der Waals surface area contributed by atoms with Gasteiger partial charge in [0, 0.05) is 80.0 Å². The Morgan fingerprint density at radius 1 is 0.354 bits per heavy atom. The van der Waals surface area contributed by atoms with Gasteiger partial charge in [-0.1, -0.05) is 124 Å². The number of nitrogens with zero attached hydrogens (tertiary/aromatic N) is 2. The molecule has 0 aliphatic heterocycles. The Kier molecular flexibility index (Phi) is 19.0. The monoisotopic (exact) mass is 902 g/mol. The molecule has 0 aliphatic carbocycles. The molecule has 2 nitrogen and oxygen atoms in total. The number of aryl methyl sites for hydroxylation is 4. The maximum Gasteiger partial charge on any atom is 4.00 e. The molecule has 0 atom stereocenters. The van der Waals surface area contributed by atoms with E-state index in [1.165, 1.54) is 67.9 Å². The third-order valence-corrected chi connectivity index (χ3v) is 11.5. The Bertz CT molecular complexity index is 2570. The summed E-state index contributed by atoms with van der Waals surface area (Å²) in [5.41, 5.74) is 6.23. The zero-order chi connectivity index (χ0) is 44.4. The fourth-order valence-corrected chi connectivity index (χ4v) is 8.34. The van der Waals surface area contributed by atoms with Gasteiger partial charge >= 0.3 is 21.7 Å². The number of benzene rings is 6. The van der Waals surface area contributed by atoms with E-state index in [0.29, 0.717) is 24.0 Å². The van der Waals surface area contributed by atoms with Crippen LogP contribution >= 0.6 is 0 Å². The summed E-state index contributed by atoms with van der Waals surface area (Å²) >= 11 is 0. The zero-order valence-corrected chi connectivity index (χ0v) is 38.3. The number of rotatable bonds is 14. The van der Waals surface area contributed by atoms with Crippen molar-refractivity contribution in [2.45, 2.75) is 77.3 Å². The number of fused-ring (bicyclic) bond motifs is 6. The standard InChI is InChI=1S/2C24H22F2N.2C5H5.Ti/c2*25-19-15-14-18(22(26)17-19)9-3-1-2-8-16-27-23-12-6-4-10-20(23)21-11-5-7-13-24(21)27;2*1-2-4-5-3-1;/h2*4-7,10-15H,1-3,8-9,16H2;2*1-5H;/q4*-1;+4. The van der Waals surface area contributed by atoms with Gasteiger partial charge in [-0.05, 0) is 37.1 Å². The van der Waals surface area contributed by atoms with E-state index in [1.807, 2.05) is 60.7 Å². The van der Waals surface area contributed by atoms with Crippen LogP contribution in [0.5, 0.6) is 0 Å². The molecule has 0 aliphatic rings. The second kappa shape index (κ2) is 25.5. The number of unbranched alkanes of at least 4 members (excludes halogenated alkanes) is 6. The number of hydrogen-bond acceptors (Lipinski definition) is 0. The Balaban J connectivity index is 0.000000175. The van der Waals surface area contributed by atoms with Crippen molar-refractivity contribution < 1.29 is 39.3 Å². The van der Waals surface area contributed by atoms with Gasteiger partial charge in [-0.3, -0.25) is 0 Å². The van der Waals surface area contributed by atoms with E-state index in [2.05, 4.69) is 118 Å². The molecule has 7 heteroatoms. The van der Waals surface area contributed by atoms with Gasteiger partial charge < -0.3 is 9.13 Å². The molecule has 65 heavy (non-hydrogen) atoms. The van der Waals surface area contributed by atoms with E-state index in [4.69, 9.17) is 0 Å². The van der Waals surface area contributed by atoms with Crippen LogP contribution in [0.1, 0.15) is 62.5 Å². The summed E-state index contributed by atoms with van der Waals surface area (Å²) in [5.74, 6) is -2.38. The molecule has 10 rings (SSSR count). The molecule has 0 bridgehead atoms. The first-order valence-corrected chi connectivity index (χ1v) is 22.5. The molecule has 328 valence electrons. The molecule has 0 unspecified atom stereocenters. The summed E-state index contributed by atoms with van der Waals surface area (Å²) < 4.78 is 57.8. The Morgan fingerprint density at radius 2 is 0.662 bits per heavy atom. The second-order valence-electron chi connectivity index (χ2n) is 15.9. The predicted molar refractivity (Wildman–Crippen MR) is 258 cm³/mol. The Morgan fingerprint density at radius 3 is 0.954 bits per heavy atom. The summed E-state index contributed by atoms with van der Waals surface area (Å²) in [5, 5.41) is 5.21. The molecule has 0 fully saturated rings. The van der Waals surface area contributed by atoms with Crippen LogP contribution in [-0.2, 0) is 47.6 Å². The number of aromatic nitrogens is 2. The van der Waals surface area contributed by atoms with Crippen molar-refractivity contribution in [3.63, 3.8) is 0 Å². The maximum atomic E-state index is 13.6. The first kappa shape index (κ1) is 48.5. The van der Waals surface area contributed by atoms with E-state index < -0.39 is 23.3 Å². The van der Waals surface area contributed by atoms with Crippen molar-refractivity contribution >= 4 is 43.6 Å². The Hall–Kier alpha value is -5.95. The maximum absolute atomic E-state index is 13.6. The van der Waals surface area contributed by atoms with Gasteiger partial charge in [0.15, 0.2) is 0 Å². The van der Waals surface area contributed by atoms with E-state index >= 15 is 0 Å². The molecule has 10 aromatic rings. The van der Waals surface area contributed by atoms with E-state index in [9.17, 15) is 17.6 Å². The fourth-order valence-electron chi connectivity index (χ4n) is 8.34. The van der Waals surface area contributed by atoms with Crippen LogP contribution in [0.25, 0.3) is 43.6 Å². The van der Waals surface area contributed by atoms with Gasteiger partial charge in [0.05, 0.1) is 0 Å². The van der Waals surface area contributed by atoms with Crippen LogP contribution < -0.4 is 0 Å². The number of para-hydroxylation sites is 4. The van der Waals surface area contributed by atoms with Crippen molar-refractivity contribution in [3.8, 4) is 0 Å². The average molecular weight is 903 g/mol. The van der Waals surface area contributed by atoms with Crippen LogP contribution in [0.4, 0.5) is 17.6 Å². The summed E-state index contributed by atoms with van der Waals surface area (Å²) in [6.07, 6.45) is 9.51. The molecular formula is C58H54F4N2Ti. The van der Waals surface area contributed by atoms with Gasteiger partial charge in [-0.2, -0.15) is 48.5 Å². The minimum absolute atomic E-state index is 0. The van der Waals surface area contributed by atoms with Gasteiger partial charge in [0.1, 0.15) is 0 Å². The first-order chi connectivity index (χ1) is 31.5. The molecule has 0 spiro atoms. The molecule has 0 amide bonds. The van der Waals surface area contributed by atoms with E-state index in [1.54, 1.807) is 0 Å². The SMILES string of the molecule is Fc1[c-]c(F)c(CCCCCCn2c3ccccc3c3ccccc32)cc1.Fc1[c-]c(F)c(CCCCCCn2c3ccccc3c3ccccc32)cc1.[Ti+4].c1cc[cH-]c1.c1cc[cH-]c1. The smallest absolute Gasteiger partial charge is 0.340 e. The Labute approximate surface area is 395 Å². The summed E-state index contributed by atoms with van der Waals surface area (Å²) in [4.78, 5) is 0. The van der Waals surface area contributed by atoms with Gasteiger partial charge in [-0.25, -0.2) is 41.8 Å². The van der Waals surface area contributed by atoms with Crippen molar-refractivity contribution in [1.29, 1.82) is 0 Å². The number of halogens is 4. The third-order valence-electron chi connectivity index (χ3n) is 11.5. The first-order valence-electron chi connectivity index (χ1n) is 22.5. The molecular weight excluding hydrogens is 849 g/mol. The average Bonchev–Trinajstić information content (AvgIpc) is 4.18. The normalized spacial score (nSPS) is 10.8. The van der Waals surface area contributed by atoms with Gasteiger partial charge in [0.25, 0.3) is 0 Å². The second-order valence-corrected chi connectivity index (χ2v) is 15.9. The zero-order valence-electron chi connectivity index (χ0n) is 36.7. The fraction of sp³-hybridized carbons (Fsp3) is 0.207. The van der Waals surface area contributed by atoms with Crippen LogP contribution in [0.15, 0.2) is 182 Å². The van der Waals surface area contributed by atoms with E-state index in [-0.39, 0.29) is 21.7 Å². The van der Waals surface area contributed by atoms with Crippen LogP contribution in [0, 0.1) is 35.4 Å². The molecule has 2 heterocycles. The van der Waals surface area contributed by atoms with Crippen molar-refractivity contribution in [3.05, 3.63) is 229 Å². The van der Waals surface area contributed by atoms with E-state index in [0.717, 1.165) is 64.5 Å². The quantitative estimate of drug-likeness (QED) is 0.0445. The molecule has 8 aromatic carbocycles. The largest absolute Gasteiger partial charge is 4.00 e. The van der Waals surface area contributed by atoms with Gasteiger partial charge in [-0.15, -0.1) is 35.4 Å². The minimum atomic E-state index is -0.637.